The van der Waals surface area contributed by atoms with Crippen LogP contribution in [0.3, 0.4) is 0 Å². The van der Waals surface area contributed by atoms with Gasteiger partial charge < -0.3 is 5.32 Å². The molecule has 3 nitrogen and oxygen atoms in total. The Kier molecular flexibility index (Phi) is 5.38. The topological polar surface area (TPSA) is 42.0 Å². The van der Waals surface area contributed by atoms with Crippen LogP contribution in [0.1, 0.15) is 49.3 Å². The van der Waals surface area contributed by atoms with Gasteiger partial charge in [-0.2, -0.15) is 0 Å². The van der Waals surface area contributed by atoms with Gasteiger partial charge in [0.25, 0.3) is 0 Å². The first kappa shape index (κ1) is 18.6. The summed E-state index contributed by atoms with van der Waals surface area (Å²) in [5.41, 5.74) is 4.18. The molecule has 4 heteroatoms. The number of hydrogen-bond donors (Lipinski definition) is 1. The lowest BCUT2D eigenvalue weighted by Gasteiger charge is -2.29. The molecule has 1 aliphatic rings. The van der Waals surface area contributed by atoms with Gasteiger partial charge in [-0.25, -0.2) is 4.39 Å². The molecule has 0 spiro atoms. The van der Waals surface area contributed by atoms with Crippen molar-refractivity contribution >= 4 is 22.5 Å². The molecule has 1 heterocycles. The average molecular weight is 376 g/mol. The third kappa shape index (κ3) is 4.22. The number of nitrogens with one attached hydrogen (secondary N) is 1. The lowest BCUT2D eigenvalue weighted by Crippen LogP contribution is -2.20. The van der Waals surface area contributed by atoms with Gasteiger partial charge in [-0.15, -0.1) is 0 Å². The molecule has 0 radical (unpaired) electrons. The Bertz CT molecular complexity index is 976. The van der Waals surface area contributed by atoms with Crippen molar-refractivity contribution in [1.82, 2.24) is 4.98 Å². The Morgan fingerprint density at radius 2 is 1.79 bits per heavy atom. The molecule has 1 N–H and O–H groups in total. The first-order valence-corrected chi connectivity index (χ1v) is 10.00. The summed E-state index contributed by atoms with van der Waals surface area (Å²) in [6.07, 6.45) is 4.83. The van der Waals surface area contributed by atoms with Gasteiger partial charge in [0.05, 0.1) is 5.52 Å². The number of carbonyl (C=O) groups is 1. The zero-order valence-corrected chi connectivity index (χ0v) is 16.1. The Labute approximate surface area is 165 Å². The maximum atomic E-state index is 13.0. The number of pyridine rings is 1. The fraction of sp³-hybridized carbons (Fsp3) is 0.333. The summed E-state index contributed by atoms with van der Waals surface area (Å²) in [4.78, 5) is 17.0. The van der Waals surface area contributed by atoms with E-state index in [1.807, 2.05) is 6.07 Å². The smallest absolute Gasteiger partial charge is 0.224 e. The number of hydrogen-bond acceptors (Lipinski definition) is 2. The number of carbonyl (C=O) groups excluding carboxylic acids is 1. The average Bonchev–Trinajstić information content (AvgIpc) is 2.70. The second-order valence-electron chi connectivity index (χ2n) is 7.85. The number of anilines is 1. The summed E-state index contributed by atoms with van der Waals surface area (Å²) in [7, 11) is 0. The third-order valence-corrected chi connectivity index (χ3v) is 5.76. The predicted octanol–water partition coefficient (Wildman–Crippen LogP) is 5.98. The van der Waals surface area contributed by atoms with E-state index in [9.17, 15) is 9.18 Å². The Morgan fingerprint density at radius 3 is 2.54 bits per heavy atom. The van der Waals surface area contributed by atoms with Crippen molar-refractivity contribution in [3.8, 4) is 0 Å². The molecule has 0 atom stereocenters. The lowest BCUT2D eigenvalue weighted by molar-refractivity contribution is -0.117. The van der Waals surface area contributed by atoms with Crippen LogP contribution < -0.4 is 5.32 Å². The number of rotatable bonds is 4. The maximum absolute atomic E-state index is 13.0. The van der Waals surface area contributed by atoms with Crippen LogP contribution in [0.25, 0.3) is 10.9 Å². The van der Waals surface area contributed by atoms with Gasteiger partial charge in [0.15, 0.2) is 0 Å². The largest absolute Gasteiger partial charge is 0.326 e. The molecule has 28 heavy (non-hydrogen) atoms. The predicted molar refractivity (Wildman–Crippen MR) is 111 cm³/mol. The fourth-order valence-corrected chi connectivity index (χ4v) is 4.36. The molecule has 1 aliphatic carbocycles. The molecular formula is C24H25FN2O. The highest BCUT2D eigenvalue weighted by atomic mass is 19.1. The van der Waals surface area contributed by atoms with Crippen LogP contribution in [0, 0.1) is 18.7 Å². The summed E-state index contributed by atoms with van der Waals surface area (Å²) in [5, 5.41) is 4.13. The minimum atomic E-state index is -0.296. The van der Waals surface area contributed by atoms with Gasteiger partial charge in [-0.05, 0) is 86.4 Å². The summed E-state index contributed by atoms with van der Waals surface area (Å²) in [6, 6.07) is 16.5. The van der Waals surface area contributed by atoms with E-state index in [0.717, 1.165) is 36.9 Å². The van der Waals surface area contributed by atoms with E-state index in [1.165, 1.54) is 23.1 Å². The van der Waals surface area contributed by atoms with Gasteiger partial charge >= 0.3 is 0 Å². The van der Waals surface area contributed by atoms with E-state index in [4.69, 9.17) is 0 Å². The normalized spacial score (nSPS) is 19.5. The highest BCUT2D eigenvalue weighted by Gasteiger charge is 2.25. The first-order valence-electron chi connectivity index (χ1n) is 10.00. The van der Waals surface area contributed by atoms with Crippen LogP contribution in [0.5, 0.6) is 0 Å². The summed E-state index contributed by atoms with van der Waals surface area (Å²) in [6.45, 7) is 2.06. The molecule has 1 saturated carbocycles. The molecule has 3 aromatic rings. The summed E-state index contributed by atoms with van der Waals surface area (Å²) < 4.78 is 13.0. The lowest BCUT2D eigenvalue weighted by atomic mass is 9.76. The van der Waals surface area contributed by atoms with Gasteiger partial charge in [-0.3, -0.25) is 9.78 Å². The van der Waals surface area contributed by atoms with E-state index in [2.05, 4.69) is 41.5 Å². The van der Waals surface area contributed by atoms with Crippen molar-refractivity contribution in [2.24, 2.45) is 5.92 Å². The molecule has 0 bridgehead atoms. The quantitative estimate of drug-likeness (QED) is 0.608. The van der Waals surface area contributed by atoms with E-state index >= 15 is 0 Å². The second kappa shape index (κ2) is 8.09. The van der Waals surface area contributed by atoms with Crippen LogP contribution in [-0.4, -0.2) is 10.9 Å². The number of nitrogens with zero attached hydrogens (tertiary/aromatic N) is 1. The number of amides is 1. The summed E-state index contributed by atoms with van der Waals surface area (Å²) >= 11 is 0. The number of halogens is 1. The van der Waals surface area contributed by atoms with Gasteiger partial charge in [0.1, 0.15) is 5.82 Å². The van der Waals surface area contributed by atoms with Crippen LogP contribution in [-0.2, 0) is 4.79 Å². The van der Waals surface area contributed by atoms with Crippen LogP contribution in [0.4, 0.5) is 10.1 Å². The molecule has 1 amide bonds. The number of aryl methyl sites for hydroxylation is 1. The minimum absolute atomic E-state index is 0.0141. The van der Waals surface area contributed by atoms with Crippen molar-refractivity contribution in [3.63, 3.8) is 0 Å². The van der Waals surface area contributed by atoms with Crippen molar-refractivity contribution in [1.29, 1.82) is 0 Å². The molecule has 2 aromatic carbocycles. The molecule has 4 rings (SSSR count). The number of fused-ring (bicyclic) bond motifs is 1. The van der Waals surface area contributed by atoms with Crippen molar-refractivity contribution in [2.45, 2.75) is 44.9 Å². The zero-order valence-electron chi connectivity index (χ0n) is 16.1. The summed E-state index contributed by atoms with van der Waals surface area (Å²) in [5.74, 6) is 0.657. The third-order valence-electron chi connectivity index (χ3n) is 5.76. The molecule has 0 saturated heterocycles. The number of para-hydroxylation sites is 1. The second-order valence-corrected chi connectivity index (χ2v) is 7.85. The molecule has 0 aliphatic heterocycles. The molecule has 1 aromatic heterocycles. The van der Waals surface area contributed by atoms with Gasteiger partial charge in [0, 0.05) is 23.2 Å². The van der Waals surface area contributed by atoms with Crippen LogP contribution in [0.2, 0.25) is 0 Å². The molecule has 1 fully saturated rings. The van der Waals surface area contributed by atoms with Crippen molar-refractivity contribution in [3.05, 3.63) is 71.7 Å². The highest BCUT2D eigenvalue weighted by Crippen LogP contribution is 2.39. The standard InChI is InChI=1S/C24H25FN2O/c1-16-14-22(21-4-2-3-5-23(21)26-16)18-8-6-17(7-9-18)15-24(28)27-20-12-10-19(25)11-13-20/h2-5,10-14,17-18H,6-9,15H2,1H3,(H,27,28). The number of benzene rings is 2. The zero-order chi connectivity index (χ0) is 19.5. The van der Waals surface area contributed by atoms with Crippen molar-refractivity contribution in [2.75, 3.05) is 5.32 Å². The van der Waals surface area contributed by atoms with Crippen LogP contribution in [0.15, 0.2) is 54.6 Å². The minimum Gasteiger partial charge on any atom is -0.326 e. The van der Waals surface area contributed by atoms with E-state index in [-0.39, 0.29) is 11.7 Å². The molecule has 0 unspecified atom stereocenters. The fourth-order valence-electron chi connectivity index (χ4n) is 4.36. The first-order chi connectivity index (χ1) is 13.6. The molecular weight excluding hydrogens is 351 g/mol. The van der Waals surface area contributed by atoms with Crippen molar-refractivity contribution < 1.29 is 9.18 Å². The van der Waals surface area contributed by atoms with E-state index in [0.29, 0.717) is 23.9 Å². The SMILES string of the molecule is Cc1cc(C2CCC(CC(=O)Nc3ccc(F)cc3)CC2)c2ccccc2n1. The highest BCUT2D eigenvalue weighted by molar-refractivity contribution is 5.90. The van der Waals surface area contributed by atoms with Crippen LogP contribution >= 0.6 is 0 Å². The Hall–Kier alpha value is -2.75. The Morgan fingerprint density at radius 1 is 1.07 bits per heavy atom. The number of aromatic nitrogens is 1. The maximum Gasteiger partial charge on any atom is 0.224 e. The monoisotopic (exact) mass is 376 g/mol. The van der Waals surface area contributed by atoms with Gasteiger partial charge in [-0.1, -0.05) is 18.2 Å². The van der Waals surface area contributed by atoms with E-state index in [1.54, 1.807) is 12.1 Å². The van der Waals surface area contributed by atoms with E-state index < -0.39 is 0 Å². The van der Waals surface area contributed by atoms with Gasteiger partial charge in [0.2, 0.25) is 5.91 Å². The molecule has 144 valence electrons. The Balaban J connectivity index is 1.37.